The minimum absolute atomic E-state index is 0.194. The van der Waals surface area contributed by atoms with E-state index in [1.165, 1.54) is 12.8 Å². The molecule has 0 spiro atoms. The summed E-state index contributed by atoms with van der Waals surface area (Å²) in [6, 6.07) is -0.930. The van der Waals surface area contributed by atoms with E-state index in [9.17, 15) is 9.59 Å². The van der Waals surface area contributed by atoms with Gasteiger partial charge in [-0.05, 0) is 38.0 Å². The summed E-state index contributed by atoms with van der Waals surface area (Å²) in [4.78, 5) is 22.8. The average molecular weight is 284 g/mol. The lowest BCUT2D eigenvalue weighted by Gasteiger charge is -2.29. The lowest BCUT2D eigenvalue weighted by atomic mass is 9.83. The van der Waals surface area contributed by atoms with Crippen LogP contribution in [0.3, 0.4) is 0 Å². The summed E-state index contributed by atoms with van der Waals surface area (Å²) in [7, 11) is 0. The molecule has 5 nitrogen and oxygen atoms in total. The Balaban J connectivity index is 2.30. The van der Waals surface area contributed by atoms with Crippen molar-refractivity contribution in [2.75, 3.05) is 0 Å². The normalized spacial score (nSPS) is 23.9. The maximum atomic E-state index is 11.8. The molecule has 0 aliphatic heterocycles. The fraction of sp³-hybridized carbons (Fsp3) is 0.867. The van der Waals surface area contributed by atoms with Crippen LogP contribution in [-0.4, -0.2) is 29.2 Å². The lowest BCUT2D eigenvalue weighted by molar-refractivity contribution is -0.139. The molecule has 1 saturated carbocycles. The van der Waals surface area contributed by atoms with Gasteiger partial charge in [0.25, 0.3) is 0 Å². The van der Waals surface area contributed by atoms with E-state index in [1.807, 2.05) is 6.92 Å². The van der Waals surface area contributed by atoms with Crippen LogP contribution in [0.1, 0.15) is 65.2 Å². The second-order valence-electron chi connectivity index (χ2n) is 5.80. The highest BCUT2D eigenvalue weighted by Crippen LogP contribution is 2.27. The van der Waals surface area contributed by atoms with Crippen LogP contribution in [-0.2, 0) is 4.79 Å². The van der Waals surface area contributed by atoms with Gasteiger partial charge in [-0.2, -0.15) is 0 Å². The second-order valence-corrected chi connectivity index (χ2v) is 5.80. The zero-order chi connectivity index (χ0) is 15.0. The third-order valence-electron chi connectivity index (χ3n) is 4.06. The van der Waals surface area contributed by atoms with Crippen molar-refractivity contribution < 1.29 is 14.7 Å². The first-order valence-electron chi connectivity index (χ1n) is 7.86. The van der Waals surface area contributed by atoms with Gasteiger partial charge in [-0.1, -0.05) is 33.1 Å². The predicted molar refractivity (Wildman–Crippen MR) is 78.7 cm³/mol. The summed E-state index contributed by atoms with van der Waals surface area (Å²) < 4.78 is 0. The zero-order valence-electron chi connectivity index (χ0n) is 12.7. The Morgan fingerprint density at radius 2 is 1.80 bits per heavy atom. The van der Waals surface area contributed by atoms with Crippen LogP contribution in [0.5, 0.6) is 0 Å². The Labute approximate surface area is 121 Å². The number of carboxylic acids is 1. The number of aliphatic carboxylic acids is 1. The fourth-order valence-corrected chi connectivity index (χ4v) is 2.94. The van der Waals surface area contributed by atoms with Crippen LogP contribution in [0.15, 0.2) is 0 Å². The molecule has 1 aliphatic carbocycles. The highest BCUT2D eigenvalue weighted by molar-refractivity contribution is 5.82. The standard InChI is InChI=1S/C15H28N2O3/c1-3-5-11-7-9-12(10-8-11)16-15(20)17-13(6-4-2)14(18)19/h11-13H,3-10H2,1-2H3,(H,18,19)(H2,16,17,20)/t11?,12?,13-/m0/s1. The third-order valence-corrected chi connectivity index (χ3v) is 4.06. The minimum Gasteiger partial charge on any atom is -0.480 e. The van der Waals surface area contributed by atoms with E-state index in [2.05, 4.69) is 17.6 Å². The van der Waals surface area contributed by atoms with Crippen LogP contribution in [0.25, 0.3) is 0 Å². The SMILES string of the molecule is CCCC1CCC(NC(=O)N[C@@H](CCC)C(=O)O)CC1. The van der Waals surface area contributed by atoms with Crippen molar-refractivity contribution in [1.82, 2.24) is 10.6 Å². The molecule has 0 saturated heterocycles. The minimum atomic E-state index is -0.964. The molecular formula is C15H28N2O3. The molecule has 3 N–H and O–H groups in total. The molecular weight excluding hydrogens is 256 g/mol. The van der Waals surface area contributed by atoms with Crippen LogP contribution in [0.2, 0.25) is 0 Å². The van der Waals surface area contributed by atoms with Crippen molar-refractivity contribution in [2.24, 2.45) is 5.92 Å². The Hall–Kier alpha value is -1.26. The number of hydrogen-bond acceptors (Lipinski definition) is 2. The zero-order valence-corrected chi connectivity index (χ0v) is 12.7. The van der Waals surface area contributed by atoms with Crippen LogP contribution < -0.4 is 10.6 Å². The molecule has 20 heavy (non-hydrogen) atoms. The maximum absolute atomic E-state index is 11.8. The Kier molecular flexibility index (Phi) is 7.41. The molecule has 0 bridgehead atoms. The number of carbonyl (C=O) groups is 2. The van der Waals surface area contributed by atoms with E-state index in [-0.39, 0.29) is 12.1 Å². The summed E-state index contributed by atoms with van der Waals surface area (Å²) in [6.45, 7) is 4.11. The summed E-state index contributed by atoms with van der Waals surface area (Å²) in [5, 5.41) is 14.5. The predicted octanol–water partition coefficient (Wildman–Crippen LogP) is 2.90. The molecule has 0 aromatic heterocycles. The number of carboxylic acid groups (broad SMARTS) is 1. The third kappa shape index (κ3) is 5.80. The molecule has 0 heterocycles. The maximum Gasteiger partial charge on any atom is 0.326 e. The topological polar surface area (TPSA) is 78.4 Å². The Morgan fingerprint density at radius 1 is 1.15 bits per heavy atom. The number of rotatable bonds is 7. The van der Waals surface area contributed by atoms with Crippen LogP contribution >= 0.6 is 0 Å². The first kappa shape index (κ1) is 16.8. The summed E-state index contributed by atoms with van der Waals surface area (Å²) >= 11 is 0. The van der Waals surface area contributed by atoms with Gasteiger partial charge < -0.3 is 15.7 Å². The van der Waals surface area contributed by atoms with Gasteiger partial charge >= 0.3 is 12.0 Å². The van der Waals surface area contributed by atoms with E-state index >= 15 is 0 Å². The monoisotopic (exact) mass is 284 g/mol. The first-order valence-corrected chi connectivity index (χ1v) is 7.86. The molecule has 1 atom stereocenters. The second kappa shape index (κ2) is 8.82. The molecule has 0 aromatic rings. The molecule has 1 aliphatic rings. The van der Waals surface area contributed by atoms with Gasteiger partial charge in [-0.15, -0.1) is 0 Å². The van der Waals surface area contributed by atoms with E-state index in [4.69, 9.17) is 5.11 Å². The van der Waals surface area contributed by atoms with Crippen molar-refractivity contribution >= 4 is 12.0 Å². The molecule has 5 heteroatoms. The van der Waals surface area contributed by atoms with Crippen molar-refractivity contribution in [3.05, 3.63) is 0 Å². The first-order chi connectivity index (χ1) is 9.56. The summed E-state index contributed by atoms with van der Waals surface area (Å²) in [5.74, 6) is -0.165. The van der Waals surface area contributed by atoms with Gasteiger partial charge in [-0.25, -0.2) is 9.59 Å². The number of urea groups is 1. The Morgan fingerprint density at radius 3 is 2.30 bits per heavy atom. The van der Waals surface area contributed by atoms with E-state index < -0.39 is 12.0 Å². The van der Waals surface area contributed by atoms with Gasteiger partial charge in [0.1, 0.15) is 6.04 Å². The van der Waals surface area contributed by atoms with E-state index in [0.717, 1.165) is 38.0 Å². The van der Waals surface area contributed by atoms with Gasteiger partial charge in [0.2, 0.25) is 0 Å². The summed E-state index contributed by atoms with van der Waals surface area (Å²) in [5.41, 5.74) is 0. The van der Waals surface area contributed by atoms with Gasteiger partial charge in [0.05, 0.1) is 0 Å². The smallest absolute Gasteiger partial charge is 0.326 e. The molecule has 0 unspecified atom stereocenters. The fourth-order valence-electron chi connectivity index (χ4n) is 2.94. The summed E-state index contributed by atoms with van der Waals surface area (Å²) in [6.07, 6.45) is 8.03. The quantitative estimate of drug-likeness (QED) is 0.672. The number of nitrogens with one attached hydrogen (secondary N) is 2. The van der Waals surface area contributed by atoms with Gasteiger partial charge in [-0.3, -0.25) is 0 Å². The molecule has 0 radical (unpaired) electrons. The van der Waals surface area contributed by atoms with Crippen molar-refractivity contribution in [3.63, 3.8) is 0 Å². The van der Waals surface area contributed by atoms with E-state index in [0.29, 0.717) is 6.42 Å². The van der Waals surface area contributed by atoms with Gasteiger partial charge in [0, 0.05) is 6.04 Å². The lowest BCUT2D eigenvalue weighted by Crippen LogP contribution is -2.49. The number of amides is 2. The highest BCUT2D eigenvalue weighted by atomic mass is 16.4. The number of hydrogen-bond donors (Lipinski definition) is 3. The molecule has 1 fully saturated rings. The highest BCUT2D eigenvalue weighted by Gasteiger charge is 2.24. The molecule has 0 aromatic carbocycles. The molecule has 1 rings (SSSR count). The van der Waals surface area contributed by atoms with E-state index in [1.54, 1.807) is 0 Å². The molecule has 2 amide bonds. The van der Waals surface area contributed by atoms with Crippen molar-refractivity contribution in [1.29, 1.82) is 0 Å². The van der Waals surface area contributed by atoms with Crippen LogP contribution in [0.4, 0.5) is 4.79 Å². The molecule has 116 valence electrons. The largest absolute Gasteiger partial charge is 0.480 e. The van der Waals surface area contributed by atoms with Crippen molar-refractivity contribution in [3.8, 4) is 0 Å². The number of carbonyl (C=O) groups excluding carboxylic acids is 1. The average Bonchev–Trinajstić information content (AvgIpc) is 2.40. The van der Waals surface area contributed by atoms with Crippen molar-refractivity contribution in [2.45, 2.75) is 77.3 Å². The Bertz CT molecular complexity index is 312. The van der Waals surface area contributed by atoms with Crippen LogP contribution in [0, 0.1) is 5.92 Å². The van der Waals surface area contributed by atoms with Gasteiger partial charge in [0.15, 0.2) is 0 Å².